The maximum Gasteiger partial charge on any atom is 0.0616 e. The fourth-order valence-corrected chi connectivity index (χ4v) is 2.50. The standard InChI is InChI=1S/C12H22N2OS/c1-10(12-6-4-8-16-12)14-11(9-15-2)5-3-7-13/h4,6,8,10-11,14H,3,5,7,9,13H2,1-2H3/t10-,11?/m1/s1. The van der Waals surface area contributed by atoms with Gasteiger partial charge in [0, 0.05) is 24.1 Å². The third-order valence-electron chi connectivity index (χ3n) is 2.58. The van der Waals surface area contributed by atoms with Crippen molar-refractivity contribution in [2.45, 2.75) is 31.8 Å². The molecule has 3 N–H and O–H groups in total. The first-order valence-corrected chi connectivity index (χ1v) is 6.64. The minimum Gasteiger partial charge on any atom is -0.383 e. The molecule has 1 aromatic rings. The molecule has 1 rings (SSSR count). The maximum absolute atomic E-state index is 5.53. The zero-order chi connectivity index (χ0) is 11.8. The first-order valence-electron chi connectivity index (χ1n) is 5.76. The van der Waals surface area contributed by atoms with Crippen molar-refractivity contribution in [2.24, 2.45) is 5.73 Å². The van der Waals surface area contributed by atoms with Crippen molar-refractivity contribution in [3.8, 4) is 0 Å². The van der Waals surface area contributed by atoms with Crippen LogP contribution in [-0.4, -0.2) is 26.3 Å². The molecule has 2 atom stereocenters. The average Bonchev–Trinajstić information content (AvgIpc) is 2.79. The van der Waals surface area contributed by atoms with E-state index in [9.17, 15) is 0 Å². The molecule has 1 heterocycles. The van der Waals surface area contributed by atoms with E-state index in [1.54, 1.807) is 18.4 Å². The average molecular weight is 242 g/mol. The van der Waals surface area contributed by atoms with Crippen LogP contribution in [0.25, 0.3) is 0 Å². The number of nitrogens with one attached hydrogen (secondary N) is 1. The van der Waals surface area contributed by atoms with Crippen LogP contribution >= 0.6 is 11.3 Å². The Balaban J connectivity index is 2.40. The normalized spacial score (nSPS) is 14.9. The number of rotatable bonds is 8. The van der Waals surface area contributed by atoms with Gasteiger partial charge in [0.25, 0.3) is 0 Å². The summed E-state index contributed by atoms with van der Waals surface area (Å²) in [6, 6.07) is 5.03. The highest BCUT2D eigenvalue weighted by Crippen LogP contribution is 2.19. The van der Waals surface area contributed by atoms with Crippen LogP contribution in [0, 0.1) is 0 Å². The Morgan fingerprint density at radius 3 is 2.94 bits per heavy atom. The van der Waals surface area contributed by atoms with Crippen molar-refractivity contribution in [3.05, 3.63) is 22.4 Å². The topological polar surface area (TPSA) is 47.3 Å². The fraction of sp³-hybridized carbons (Fsp3) is 0.667. The molecule has 0 fully saturated rings. The summed E-state index contributed by atoms with van der Waals surface area (Å²) in [5, 5.41) is 5.69. The molecule has 0 spiro atoms. The first kappa shape index (κ1) is 13.6. The molecular weight excluding hydrogens is 220 g/mol. The molecule has 0 radical (unpaired) electrons. The molecule has 0 saturated heterocycles. The van der Waals surface area contributed by atoms with Gasteiger partial charge in [0.15, 0.2) is 0 Å². The number of ether oxygens (including phenoxy) is 1. The van der Waals surface area contributed by atoms with Crippen molar-refractivity contribution in [3.63, 3.8) is 0 Å². The van der Waals surface area contributed by atoms with E-state index in [1.165, 1.54) is 4.88 Å². The van der Waals surface area contributed by atoms with Crippen molar-refractivity contribution >= 4 is 11.3 Å². The van der Waals surface area contributed by atoms with Crippen molar-refractivity contribution in [1.29, 1.82) is 0 Å². The van der Waals surface area contributed by atoms with E-state index in [-0.39, 0.29) is 0 Å². The van der Waals surface area contributed by atoms with Crippen LogP contribution in [0.4, 0.5) is 0 Å². The lowest BCUT2D eigenvalue weighted by molar-refractivity contribution is 0.157. The highest BCUT2D eigenvalue weighted by Gasteiger charge is 2.13. The molecule has 0 aliphatic heterocycles. The Morgan fingerprint density at radius 2 is 2.38 bits per heavy atom. The van der Waals surface area contributed by atoms with Crippen molar-refractivity contribution < 1.29 is 4.74 Å². The summed E-state index contributed by atoms with van der Waals surface area (Å²) in [5.41, 5.74) is 5.53. The van der Waals surface area contributed by atoms with Crippen LogP contribution in [0.1, 0.15) is 30.7 Å². The molecule has 1 aromatic heterocycles. The van der Waals surface area contributed by atoms with Gasteiger partial charge in [0.2, 0.25) is 0 Å². The summed E-state index contributed by atoms with van der Waals surface area (Å²) >= 11 is 1.79. The van der Waals surface area contributed by atoms with E-state index in [1.807, 2.05) is 0 Å². The molecule has 3 nitrogen and oxygen atoms in total. The zero-order valence-corrected chi connectivity index (χ0v) is 10.9. The minimum absolute atomic E-state index is 0.387. The van der Waals surface area contributed by atoms with Crippen LogP contribution in [0.5, 0.6) is 0 Å². The number of hydrogen-bond acceptors (Lipinski definition) is 4. The Morgan fingerprint density at radius 1 is 1.56 bits per heavy atom. The molecular formula is C12H22N2OS. The van der Waals surface area contributed by atoms with Crippen LogP contribution in [-0.2, 0) is 4.74 Å². The van der Waals surface area contributed by atoms with Gasteiger partial charge in [0.1, 0.15) is 0 Å². The Hall–Kier alpha value is -0.420. The number of nitrogens with two attached hydrogens (primary N) is 1. The fourth-order valence-electron chi connectivity index (χ4n) is 1.75. The van der Waals surface area contributed by atoms with Gasteiger partial charge in [-0.25, -0.2) is 0 Å². The van der Waals surface area contributed by atoms with Gasteiger partial charge in [-0.05, 0) is 37.8 Å². The van der Waals surface area contributed by atoms with Gasteiger partial charge < -0.3 is 15.8 Å². The summed E-state index contributed by atoms with van der Waals surface area (Å²) < 4.78 is 5.22. The summed E-state index contributed by atoms with van der Waals surface area (Å²) in [6.07, 6.45) is 2.11. The quantitative estimate of drug-likeness (QED) is 0.734. The molecule has 0 aromatic carbocycles. The number of methoxy groups -OCH3 is 1. The summed E-state index contributed by atoms with van der Waals surface area (Å²) in [6.45, 7) is 3.68. The Labute approximate surface area is 102 Å². The van der Waals surface area contributed by atoms with Gasteiger partial charge >= 0.3 is 0 Å². The van der Waals surface area contributed by atoms with Gasteiger partial charge in [-0.3, -0.25) is 0 Å². The molecule has 0 saturated carbocycles. The van der Waals surface area contributed by atoms with Gasteiger partial charge in [-0.15, -0.1) is 11.3 Å². The lowest BCUT2D eigenvalue weighted by Gasteiger charge is -2.22. The molecule has 0 aliphatic rings. The van der Waals surface area contributed by atoms with Crippen LogP contribution in [0.15, 0.2) is 17.5 Å². The smallest absolute Gasteiger partial charge is 0.0616 e. The summed E-state index contributed by atoms with van der Waals surface area (Å²) in [7, 11) is 1.74. The molecule has 16 heavy (non-hydrogen) atoms. The first-order chi connectivity index (χ1) is 7.77. The minimum atomic E-state index is 0.387. The second kappa shape index (κ2) is 7.79. The van der Waals surface area contributed by atoms with Crippen molar-refractivity contribution in [2.75, 3.05) is 20.3 Å². The van der Waals surface area contributed by atoms with E-state index in [4.69, 9.17) is 10.5 Å². The highest BCUT2D eigenvalue weighted by molar-refractivity contribution is 7.10. The van der Waals surface area contributed by atoms with Crippen LogP contribution in [0.2, 0.25) is 0 Å². The van der Waals surface area contributed by atoms with Gasteiger partial charge in [0.05, 0.1) is 6.61 Å². The summed E-state index contributed by atoms with van der Waals surface area (Å²) in [4.78, 5) is 1.37. The van der Waals surface area contributed by atoms with E-state index in [0.717, 1.165) is 26.0 Å². The monoisotopic (exact) mass is 242 g/mol. The SMILES string of the molecule is COCC(CCCN)N[C@H](C)c1cccs1. The lowest BCUT2D eigenvalue weighted by Crippen LogP contribution is -2.35. The predicted octanol–water partition coefficient (Wildman–Crippen LogP) is 2.15. The third-order valence-corrected chi connectivity index (χ3v) is 3.64. The van der Waals surface area contributed by atoms with Gasteiger partial charge in [-0.1, -0.05) is 6.07 Å². The molecule has 4 heteroatoms. The summed E-state index contributed by atoms with van der Waals surface area (Å²) in [5.74, 6) is 0. The van der Waals surface area contributed by atoms with E-state index in [2.05, 4.69) is 29.8 Å². The predicted molar refractivity (Wildman–Crippen MR) is 69.8 cm³/mol. The number of thiophene rings is 1. The maximum atomic E-state index is 5.53. The van der Waals surface area contributed by atoms with Crippen LogP contribution < -0.4 is 11.1 Å². The Kier molecular flexibility index (Phi) is 6.64. The molecule has 0 amide bonds. The van der Waals surface area contributed by atoms with E-state index >= 15 is 0 Å². The third kappa shape index (κ3) is 4.61. The van der Waals surface area contributed by atoms with Crippen LogP contribution in [0.3, 0.4) is 0 Å². The second-order valence-corrected chi connectivity index (χ2v) is 4.97. The second-order valence-electron chi connectivity index (χ2n) is 3.99. The largest absolute Gasteiger partial charge is 0.383 e. The molecule has 0 aliphatic carbocycles. The van der Waals surface area contributed by atoms with E-state index in [0.29, 0.717) is 12.1 Å². The highest BCUT2D eigenvalue weighted by atomic mass is 32.1. The Bertz CT molecular complexity index is 264. The zero-order valence-electron chi connectivity index (χ0n) is 10.1. The van der Waals surface area contributed by atoms with E-state index < -0.39 is 0 Å². The van der Waals surface area contributed by atoms with Gasteiger partial charge in [-0.2, -0.15) is 0 Å². The number of hydrogen-bond donors (Lipinski definition) is 2. The molecule has 92 valence electrons. The molecule has 0 bridgehead atoms. The van der Waals surface area contributed by atoms with Crippen molar-refractivity contribution in [1.82, 2.24) is 5.32 Å². The molecule has 1 unspecified atom stereocenters. The lowest BCUT2D eigenvalue weighted by atomic mass is 10.1.